The molecule has 2 aliphatic rings. The van der Waals surface area contributed by atoms with Crippen LogP contribution in [0.1, 0.15) is 43.4 Å². The van der Waals surface area contributed by atoms with Gasteiger partial charge in [-0.3, -0.25) is 9.59 Å². The van der Waals surface area contributed by atoms with Gasteiger partial charge < -0.3 is 19.5 Å². The van der Waals surface area contributed by atoms with Gasteiger partial charge in [0.05, 0.1) is 11.3 Å². The highest BCUT2D eigenvalue weighted by Crippen LogP contribution is 2.32. The van der Waals surface area contributed by atoms with Gasteiger partial charge in [-0.05, 0) is 39.5 Å². The van der Waals surface area contributed by atoms with Crippen LogP contribution < -0.4 is 10.2 Å². The summed E-state index contributed by atoms with van der Waals surface area (Å²) in [4.78, 5) is 37.2. The van der Waals surface area contributed by atoms with Crippen LogP contribution >= 0.6 is 0 Å². The largest absolute Gasteiger partial charge is 0.443 e. The smallest absolute Gasteiger partial charge is 0.231 e. The first kappa shape index (κ1) is 19.7. The van der Waals surface area contributed by atoms with Crippen LogP contribution in [0.15, 0.2) is 10.7 Å². The van der Waals surface area contributed by atoms with E-state index in [1.807, 2.05) is 18.7 Å². The number of amides is 2. The van der Waals surface area contributed by atoms with Crippen molar-refractivity contribution in [2.45, 2.75) is 46.0 Å². The molecule has 0 aromatic carbocycles. The standard InChI is InChI=1S/C21H29N5O3/c1-14-15(2)29-21-18(14)19(23-13-24-21)26-10-3-6-16(12-26)20(28)22-8-5-11-25-9-4-7-17(25)27/h13,16H,3-12H2,1-2H3,(H,22,28). The topological polar surface area (TPSA) is 91.6 Å². The Morgan fingerprint density at radius 2 is 2.14 bits per heavy atom. The molecule has 2 aromatic rings. The van der Waals surface area contributed by atoms with Gasteiger partial charge in [-0.25, -0.2) is 9.97 Å². The van der Waals surface area contributed by atoms with Gasteiger partial charge in [0, 0.05) is 44.7 Å². The van der Waals surface area contributed by atoms with Crippen molar-refractivity contribution in [2.24, 2.45) is 5.92 Å². The van der Waals surface area contributed by atoms with Crippen molar-refractivity contribution in [1.29, 1.82) is 0 Å². The molecule has 0 aliphatic carbocycles. The van der Waals surface area contributed by atoms with Gasteiger partial charge in [0.1, 0.15) is 17.9 Å². The molecule has 2 fully saturated rings. The van der Waals surface area contributed by atoms with E-state index in [0.717, 1.165) is 67.8 Å². The van der Waals surface area contributed by atoms with Gasteiger partial charge in [0.15, 0.2) is 0 Å². The first-order chi connectivity index (χ1) is 14.0. The van der Waals surface area contributed by atoms with E-state index in [0.29, 0.717) is 25.2 Å². The number of carbonyl (C=O) groups excluding carboxylic acids is 2. The maximum Gasteiger partial charge on any atom is 0.231 e. The maximum absolute atomic E-state index is 12.7. The zero-order valence-corrected chi connectivity index (χ0v) is 17.2. The van der Waals surface area contributed by atoms with Crippen LogP contribution in [0.5, 0.6) is 0 Å². The Morgan fingerprint density at radius 3 is 2.93 bits per heavy atom. The fourth-order valence-electron chi connectivity index (χ4n) is 4.35. The Bertz CT molecular complexity index is 909. The fourth-order valence-corrected chi connectivity index (χ4v) is 4.35. The quantitative estimate of drug-likeness (QED) is 0.749. The number of nitrogens with zero attached hydrogens (tertiary/aromatic N) is 4. The molecule has 0 saturated carbocycles. The number of anilines is 1. The zero-order valence-electron chi connectivity index (χ0n) is 17.2. The number of nitrogens with one attached hydrogen (secondary N) is 1. The number of fused-ring (bicyclic) bond motifs is 1. The minimum Gasteiger partial charge on any atom is -0.443 e. The molecule has 1 unspecified atom stereocenters. The lowest BCUT2D eigenvalue weighted by atomic mass is 9.96. The SMILES string of the molecule is Cc1oc2ncnc(N3CCCC(C(=O)NCCCN4CCCC4=O)C3)c2c1C. The monoisotopic (exact) mass is 399 g/mol. The maximum atomic E-state index is 12.7. The summed E-state index contributed by atoms with van der Waals surface area (Å²) in [6.45, 7) is 7.66. The third-order valence-corrected chi connectivity index (χ3v) is 6.11. The first-order valence-electron chi connectivity index (χ1n) is 10.6. The number of likely N-dealkylation sites (tertiary alicyclic amines) is 1. The number of aromatic nitrogens is 2. The van der Waals surface area contributed by atoms with Crippen LogP contribution in [-0.2, 0) is 9.59 Å². The van der Waals surface area contributed by atoms with Crippen molar-refractivity contribution in [2.75, 3.05) is 37.6 Å². The van der Waals surface area contributed by atoms with Crippen LogP contribution in [0.3, 0.4) is 0 Å². The van der Waals surface area contributed by atoms with Crippen molar-refractivity contribution in [3.63, 3.8) is 0 Å². The molecule has 4 rings (SSSR count). The van der Waals surface area contributed by atoms with Gasteiger partial charge in [0.2, 0.25) is 17.5 Å². The molecular weight excluding hydrogens is 370 g/mol. The molecule has 0 spiro atoms. The Balaban J connectivity index is 1.35. The molecule has 1 N–H and O–H groups in total. The molecule has 2 amide bonds. The lowest BCUT2D eigenvalue weighted by Gasteiger charge is -2.33. The van der Waals surface area contributed by atoms with Crippen LogP contribution in [0.25, 0.3) is 11.1 Å². The third-order valence-electron chi connectivity index (χ3n) is 6.11. The van der Waals surface area contributed by atoms with Crippen LogP contribution in [-0.4, -0.2) is 59.4 Å². The van der Waals surface area contributed by atoms with Crippen molar-refractivity contribution >= 4 is 28.7 Å². The summed E-state index contributed by atoms with van der Waals surface area (Å²) < 4.78 is 5.73. The summed E-state index contributed by atoms with van der Waals surface area (Å²) in [6, 6.07) is 0. The number of hydrogen-bond donors (Lipinski definition) is 1. The van der Waals surface area contributed by atoms with E-state index in [1.54, 1.807) is 0 Å². The summed E-state index contributed by atoms with van der Waals surface area (Å²) in [7, 11) is 0. The van der Waals surface area contributed by atoms with Crippen molar-refractivity contribution in [3.05, 3.63) is 17.7 Å². The van der Waals surface area contributed by atoms with E-state index in [9.17, 15) is 9.59 Å². The number of rotatable bonds is 6. The second-order valence-electron chi connectivity index (χ2n) is 8.07. The van der Waals surface area contributed by atoms with Crippen molar-refractivity contribution in [1.82, 2.24) is 20.2 Å². The summed E-state index contributed by atoms with van der Waals surface area (Å²) in [6.07, 6.45) is 5.77. The minimum absolute atomic E-state index is 0.0597. The van der Waals surface area contributed by atoms with Crippen LogP contribution in [0.4, 0.5) is 5.82 Å². The number of aryl methyl sites for hydroxylation is 2. The highest BCUT2D eigenvalue weighted by Gasteiger charge is 2.28. The van der Waals surface area contributed by atoms with E-state index in [-0.39, 0.29) is 17.7 Å². The Hall–Kier alpha value is -2.64. The van der Waals surface area contributed by atoms with Gasteiger partial charge in [-0.1, -0.05) is 0 Å². The second kappa shape index (κ2) is 8.39. The van der Waals surface area contributed by atoms with Crippen LogP contribution in [0, 0.1) is 19.8 Å². The van der Waals surface area contributed by atoms with Gasteiger partial charge in [0.25, 0.3) is 0 Å². The molecule has 156 valence electrons. The first-order valence-corrected chi connectivity index (χ1v) is 10.6. The Kier molecular flexibility index (Phi) is 5.69. The summed E-state index contributed by atoms with van der Waals surface area (Å²) >= 11 is 0. The van der Waals surface area contributed by atoms with E-state index >= 15 is 0 Å². The fraction of sp³-hybridized carbons (Fsp3) is 0.619. The molecule has 2 saturated heterocycles. The molecular formula is C21H29N5O3. The van der Waals surface area contributed by atoms with Gasteiger partial charge in [-0.15, -0.1) is 0 Å². The highest BCUT2D eigenvalue weighted by atomic mass is 16.3. The molecule has 0 bridgehead atoms. The lowest BCUT2D eigenvalue weighted by molar-refractivity contribution is -0.127. The molecule has 29 heavy (non-hydrogen) atoms. The van der Waals surface area contributed by atoms with Gasteiger partial charge in [-0.2, -0.15) is 0 Å². The van der Waals surface area contributed by atoms with E-state index in [1.165, 1.54) is 6.33 Å². The van der Waals surface area contributed by atoms with E-state index in [4.69, 9.17) is 4.42 Å². The minimum atomic E-state index is -0.0597. The third kappa shape index (κ3) is 4.06. The second-order valence-corrected chi connectivity index (χ2v) is 8.07. The zero-order chi connectivity index (χ0) is 20.4. The Labute approximate surface area is 170 Å². The highest BCUT2D eigenvalue weighted by molar-refractivity contribution is 5.90. The molecule has 2 aromatic heterocycles. The van der Waals surface area contributed by atoms with Gasteiger partial charge >= 0.3 is 0 Å². The predicted molar refractivity (Wildman–Crippen MR) is 110 cm³/mol. The predicted octanol–water partition coefficient (Wildman–Crippen LogP) is 2.18. The number of piperidine rings is 1. The molecule has 0 radical (unpaired) electrons. The lowest BCUT2D eigenvalue weighted by Crippen LogP contribution is -2.44. The van der Waals surface area contributed by atoms with Crippen LogP contribution in [0.2, 0.25) is 0 Å². The summed E-state index contributed by atoms with van der Waals surface area (Å²) in [5, 5.41) is 4.01. The summed E-state index contributed by atoms with van der Waals surface area (Å²) in [5.74, 6) is 1.97. The average Bonchev–Trinajstić information content (AvgIpc) is 3.27. The molecule has 8 heteroatoms. The number of carbonyl (C=O) groups is 2. The Morgan fingerprint density at radius 1 is 1.28 bits per heavy atom. The molecule has 8 nitrogen and oxygen atoms in total. The number of hydrogen-bond acceptors (Lipinski definition) is 6. The summed E-state index contributed by atoms with van der Waals surface area (Å²) in [5.41, 5.74) is 1.66. The molecule has 1 atom stereocenters. The van der Waals surface area contributed by atoms with Crippen molar-refractivity contribution in [3.8, 4) is 0 Å². The van der Waals surface area contributed by atoms with E-state index in [2.05, 4.69) is 20.2 Å². The van der Waals surface area contributed by atoms with E-state index < -0.39 is 0 Å². The molecule has 2 aliphatic heterocycles. The van der Waals surface area contributed by atoms with Crippen molar-refractivity contribution < 1.29 is 14.0 Å². The molecule has 4 heterocycles. The number of furan rings is 1. The average molecular weight is 399 g/mol. The normalized spacial score (nSPS) is 19.9.